The Kier molecular flexibility index (Phi) is 5.03. The Morgan fingerprint density at radius 2 is 1.92 bits per heavy atom. The molecule has 1 unspecified atom stereocenters. The summed E-state index contributed by atoms with van der Waals surface area (Å²) in [6.07, 6.45) is 0.298. The Morgan fingerprint density at radius 1 is 1.20 bits per heavy atom. The van der Waals surface area contributed by atoms with Crippen LogP contribution in [0.2, 0.25) is 0 Å². The molecule has 1 atom stereocenters. The van der Waals surface area contributed by atoms with Crippen molar-refractivity contribution in [1.82, 2.24) is 5.32 Å². The Balaban J connectivity index is 1.64. The highest BCUT2D eigenvalue weighted by atomic mass is 16.5. The van der Waals surface area contributed by atoms with Crippen LogP contribution in [0.15, 0.2) is 48.5 Å². The number of hydrogen-bond acceptors (Lipinski definition) is 3. The molecule has 0 fully saturated rings. The highest BCUT2D eigenvalue weighted by Crippen LogP contribution is 2.32. The molecule has 0 aliphatic carbocycles. The Morgan fingerprint density at radius 3 is 2.64 bits per heavy atom. The van der Waals surface area contributed by atoms with Crippen LogP contribution in [-0.2, 0) is 16.1 Å². The summed E-state index contributed by atoms with van der Waals surface area (Å²) in [7, 11) is 0. The van der Waals surface area contributed by atoms with Gasteiger partial charge in [0, 0.05) is 18.7 Å². The van der Waals surface area contributed by atoms with Crippen LogP contribution >= 0.6 is 0 Å². The van der Waals surface area contributed by atoms with E-state index >= 15 is 0 Å². The van der Waals surface area contributed by atoms with E-state index in [2.05, 4.69) is 10.6 Å². The molecule has 2 N–H and O–H groups in total. The van der Waals surface area contributed by atoms with Crippen LogP contribution in [0.3, 0.4) is 0 Å². The zero-order chi connectivity index (χ0) is 17.8. The summed E-state index contributed by atoms with van der Waals surface area (Å²) >= 11 is 0. The predicted octanol–water partition coefficient (Wildman–Crippen LogP) is 3.22. The Hall–Kier alpha value is -2.82. The number of fused-ring (bicyclic) bond motifs is 1. The third kappa shape index (κ3) is 4.18. The van der Waals surface area contributed by atoms with Gasteiger partial charge in [0.1, 0.15) is 5.75 Å². The van der Waals surface area contributed by atoms with Crippen molar-refractivity contribution >= 4 is 17.5 Å². The van der Waals surface area contributed by atoms with Gasteiger partial charge < -0.3 is 15.4 Å². The van der Waals surface area contributed by atoms with Crippen molar-refractivity contribution in [1.29, 1.82) is 0 Å². The number of benzene rings is 2. The highest BCUT2D eigenvalue weighted by molar-refractivity contribution is 6.01. The number of anilines is 1. The number of rotatable bonds is 5. The van der Waals surface area contributed by atoms with E-state index in [0.29, 0.717) is 12.2 Å². The molecule has 0 spiro atoms. The first kappa shape index (κ1) is 17.0. The zero-order valence-electron chi connectivity index (χ0n) is 14.4. The van der Waals surface area contributed by atoms with Crippen molar-refractivity contribution in [3.05, 3.63) is 59.7 Å². The fourth-order valence-corrected chi connectivity index (χ4v) is 2.92. The second-order valence-electron chi connectivity index (χ2n) is 6.42. The van der Waals surface area contributed by atoms with E-state index in [1.807, 2.05) is 62.4 Å². The van der Waals surface area contributed by atoms with E-state index in [1.165, 1.54) is 0 Å². The quantitative estimate of drug-likeness (QED) is 0.880. The molecule has 0 radical (unpaired) electrons. The van der Waals surface area contributed by atoms with E-state index in [1.54, 1.807) is 0 Å². The molecule has 0 aromatic heterocycles. The molecule has 1 aliphatic rings. The topological polar surface area (TPSA) is 67.4 Å². The van der Waals surface area contributed by atoms with Crippen molar-refractivity contribution in [2.45, 2.75) is 38.8 Å². The van der Waals surface area contributed by atoms with Gasteiger partial charge in [-0.15, -0.1) is 0 Å². The molecule has 0 saturated carbocycles. The summed E-state index contributed by atoms with van der Waals surface area (Å²) < 4.78 is 5.61. The van der Waals surface area contributed by atoms with Crippen molar-refractivity contribution in [3.63, 3.8) is 0 Å². The summed E-state index contributed by atoms with van der Waals surface area (Å²) in [6, 6.07) is 15.1. The van der Waals surface area contributed by atoms with Gasteiger partial charge in [0.15, 0.2) is 0 Å². The largest absolute Gasteiger partial charge is 0.491 e. The summed E-state index contributed by atoms with van der Waals surface area (Å²) in [4.78, 5) is 24.4. The molecule has 5 heteroatoms. The molecule has 2 aromatic carbocycles. The number of ether oxygens (including phenoxy) is 1. The SMILES string of the molecule is CC(C)Oc1ccc(CNC(=O)C2CC(=O)Nc3ccccc32)cc1. The van der Waals surface area contributed by atoms with E-state index < -0.39 is 5.92 Å². The summed E-state index contributed by atoms with van der Waals surface area (Å²) in [6.45, 7) is 4.37. The predicted molar refractivity (Wildman–Crippen MR) is 96.5 cm³/mol. The average molecular weight is 338 g/mol. The van der Waals surface area contributed by atoms with Gasteiger partial charge in [-0.05, 0) is 43.2 Å². The normalized spacial score (nSPS) is 16.1. The number of amides is 2. The number of nitrogens with one attached hydrogen (secondary N) is 2. The minimum atomic E-state index is -0.450. The fourth-order valence-electron chi connectivity index (χ4n) is 2.92. The first-order valence-corrected chi connectivity index (χ1v) is 8.45. The third-order valence-electron chi connectivity index (χ3n) is 4.08. The van der Waals surface area contributed by atoms with E-state index in [-0.39, 0.29) is 24.3 Å². The number of para-hydroxylation sites is 1. The van der Waals surface area contributed by atoms with Crippen LogP contribution in [0, 0.1) is 0 Å². The lowest BCUT2D eigenvalue weighted by atomic mass is 9.90. The van der Waals surface area contributed by atoms with Gasteiger partial charge in [-0.2, -0.15) is 0 Å². The third-order valence-corrected chi connectivity index (χ3v) is 4.08. The van der Waals surface area contributed by atoms with Gasteiger partial charge in [0.05, 0.1) is 12.0 Å². The molecule has 1 heterocycles. The molecule has 0 saturated heterocycles. The van der Waals surface area contributed by atoms with Gasteiger partial charge in [-0.3, -0.25) is 9.59 Å². The second-order valence-corrected chi connectivity index (χ2v) is 6.42. The Bertz CT molecular complexity index is 769. The monoisotopic (exact) mass is 338 g/mol. The molecule has 1 aliphatic heterocycles. The molecule has 5 nitrogen and oxygen atoms in total. The van der Waals surface area contributed by atoms with Crippen LogP contribution in [-0.4, -0.2) is 17.9 Å². The van der Waals surface area contributed by atoms with Crippen LogP contribution in [0.1, 0.15) is 37.3 Å². The van der Waals surface area contributed by atoms with E-state index in [0.717, 1.165) is 16.9 Å². The van der Waals surface area contributed by atoms with Crippen LogP contribution in [0.4, 0.5) is 5.69 Å². The maximum atomic E-state index is 12.6. The van der Waals surface area contributed by atoms with Gasteiger partial charge in [-0.25, -0.2) is 0 Å². The molecule has 3 rings (SSSR count). The maximum absolute atomic E-state index is 12.6. The summed E-state index contributed by atoms with van der Waals surface area (Å²) in [5.41, 5.74) is 2.56. The minimum Gasteiger partial charge on any atom is -0.491 e. The minimum absolute atomic E-state index is 0.128. The first-order chi connectivity index (χ1) is 12.0. The second kappa shape index (κ2) is 7.38. The van der Waals surface area contributed by atoms with E-state index in [4.69, 9.17) is 4.74 Å². The van der Waals surface area contributed by atoms with Crippen LogP contribution < -0.4 is 15.4 Å². The Labute approximate surface area is 147 Å². The lowest BCUT2D eigenvalue weighted by molar-refractivity contribution is -0.126. The molecular formula is C20H22N2O3. The average Bonchev–Trinajstić information content (AvgIpc) is 2.59. The zero-order valence-corrected chi connectivity index (χ0v) is 14.4. The number of carbonyl (C=O) groups is 2. The van der Waals surface area contributed by atoms with Crippen molar-refractivity contribution in [3.8, 4) is 5.75 Å². The molecule has 2 amide bonds. The maximum Gasteiger partial charge on any atom is 0.228 e. The van der Waals surface area contributed by atoms with E-state index in [9.17, 15) is 9.59 Å². The lowest BCUT2D eigenvalue weighted by Gasteiger charge is -2.24. The molecule has 130 valence electrons. The van der Waals surface area contributed by atoms with Gasteiger partial charge in [-0.1, -0.05) is 30.3 Å². The standard InChI is InChI=1S/C20H22N2O3/c1-13(2)25-15-9-7-14(8-10-15)12-21-20(24)17-11-19(23)22-18-6-4-3-5-16(17)18/h3-10,13,17H,11-12H2,1-2H3,(H,21,24)(H,22,23). The van der Waals surface area contributed by atoms with Crippen molar-refractivity contribution in [2.75, 3.05) is 5.32 Å². The molecule has 25 heavy (non-hydrogen) atoms. The van der Waals surface area contributed by atoms with Gasteiger partial charge in [0.25, 0.3) is 0 Å². The van der Waals surface area contributed by atoms with Crippen LogP contribution in [0.5, 0.6) is 5.75 Å². The first-order valence-electron chi connectivity index (χ1n) is 8.45. The smallest absolute Gasteiger partial charge is 0.228 e. The molecular weight excluding hydrogens is 316 g/mol. The van der Waals surface area contributed by atoms with Crippen LogP contribution in [0.25, 0.3) is 0 Å². The summed E-state index contributed by atoms with van der Waals surface area (Å²) in [5.74, 6) is 0.0929. The van der Waals surface area contributed by atoms with Gasteiger partial charge >= 0.3 is 0 Å². The number of carbonyl (C=O) groups excluding carboxylic acids is 2. The molecule has 2 aromatic rings. The lowest BCUT2D eigenvalue weighted by Crippen LogP contribution is -2.34. The van der Waals surface area contributed by atoms with Crippen molar-refractivity contribution < 1.29 is 14.3 Å². The highest BCUT2D eigenvalue weighted by Gasteiger charge is 2.30. The van der Waals surface area contributed by atoms with Crippen molar-refractivity contribution in [2.24, 2.45) is 0 Å². The van der Waals surface area contributed by atoms with Gasteiger partial charge in [0.2, 0.25) is 11.8 Å². The molecule has 0 bridgehead atoms. The summed E-state index contributed by atoms with van der Waals surface area (Å²) in [5, 5.41) is 5.74. The fraction of sp³-hybridized carbons (Fsp3) is 0.300. The number of hydrogen-bond donors (Lipinski definition) is 2.